The number of aromatic nitrogens is 1. The first-order valence-corrected chi connectivity index (χ1v) is 10.7. The Morgan fingerprint density at radius 2 is 1.80 bits per heavy atom. The topological polar surface area (TPSA) is 64.4 Å². The van der Waals surface area contributed by atoms with Gasteiger partial charge in [0.2, 0.25) is 11.8 Å². The number of para-hydroxylation sites is 2. The SMILES string of the molecule is COc1ccc(SCCCC(=O)Nc2ccc(-c3nc4ccccc4o3)cc2)cc1. The Balaban J connectivity index is 1.25. The quantitative estimate of drug-likeness (QED) is 0.280. The molecule has 0 saturated heterocycles. The van der Waals surface area contributed by atoms with E-state index >= 15 is 0 Å². The number of nitrogens with zero attached hydrogens (tertiary/aromatic N) is 1. The van der Waals surface area contributed by atoms with Crippen LogP contribution in [-0.2, 0) is 4.79 Å². The molecular formula is C24H22N2O3S. The van der Waals surface area contributed by atoms with Crippen LogP contribution >= 0.6 is 11.8 Å². The number of anilines is 1. The average Bonchev–Trinajstić information content (AvgIpc) is 3.22. The predicted octanol–water partition coefficient (Wildman–Crippen LogP) is 6.01. The molecule has 1 heterocycles. The summed E-state index contributed by atoms with van der Waals surface area (Å²) in [6, 6.07) is 23.2. The molecule has 0 atom stereocenters. The lowest BCUT2D eigenvalue weighted by molar-refractivity contribution is -0.116. The van der Waals surface area contributed by atoms with Gasteiger partial charge in [-0.1, -0.05) is 12.1 Å². The van der Waals surface area contributed by atoms with E-state index < -0.39 is 0 Å². The molecule has 0 aliphatic carbocycles. The number of ether oxygens (including phenoxy) is 1. The number of amides is 1. The molecule has 0 bridgehead atoms. The normalized spacial score (nSPS) is 10.8. The van der Waals surface area contributed by atoms with Gasteiger partial charge < -0.3 is 14.5 Å². The van der Waals surface area contributed by atoms with E-state index in [1.807, 2.05) is 72.8 Å². The number of carbonyl (C=O) groups excluding carboxylic acids is 1. The van der Waals surface area contributed by atoms with Crippen LogP contribution in [0.2, 0.25) is 0 Å². The number of oxazole rings is 1. The van der Waals surface area contributed by atoms with Crippen LogP contribution in [0.4, 0.5) is 5.69 Å². The second-order valence-electron chi connectivity index (χ2n) is 6.74. The smallest absolute Gasteiger partial charge is 0.227 e. The summed E-state index contributed by atoms with van der Waals surface area (Å²) < 4.78 is 10.9. The molecule has 1 N–H and O–H groups in total. The van der Waals surface area contributed by atoms with Gasteiger partial charge in [-0.3, -0.25) is 4.79 Å². The lowest BCUT2D eigenvalue weighted by Gasteiger charge is -2.06. The van der Waals surface area contributed by atoms with Crippen LogP contribution in [0, 0.1) is 0 Å². The fourth-order valence-electron chi connectivity index (χ4n) is 3.01. The maximum Gasteiger partial charge on any atom is 0.227 e. The third kappa shape index (κ3) is 5.02. The first-order valence-electron chi connectivity index (χ1n) is 9.74. The van der Waals surface area contributed by atoms with Crippen LogP contribution in [-0.4, -0.2) is 23.8 Å². The number of methoxy groups -OCH3 is 1. The van der Waals surface area contributed by atoms with Gasteiger partial charge >= 0.3 is 0 Å². The summed E-state index contributed by atoms with van der Waals surface area (Å²) in [7, 11) is 1.66. The lowest BCUT2D eigenvalue weighted by atomic mass is 10.2. The highest BCUT2D eigenvalue weighted by Crippen LogP contribution is 2.25. The Kier molecular flexibility index (Phi) is 6.35. The third-order valence-electron chi connectivity index (χ3n) is 4.59. The van der Waals surface area contributed by atoms with E-state index in [4.69, 9.17) is 9.15 Å². The number of benzene rings is 3. The van der Waals surface area contributed by atoms with Crippen LogP contribution < -0.4 is 10.1 Å². The van der Waals surface area contributed by atoms with Gasteiger partial charge in [-0.2, -0.15) is 0 Å². The van der Waals surface area contributed by atoms with Gasteiger partial charge in [-0.15, -0.1) is 11.8 Å². The molecule has 0 radical (unpaired) electrons. The molecule has 1 amide bonds. The zero-order valence-corrected chi connectivity index (χ0v) is 17.4. The molecule has 6 heteroatoms. The first-order chi connectivity index (χ1) is 14.7. The van der Waals surface area contributed by atoms with Gasteiger partial charge in [-0.25, -0.2) is 4.98 Å². The van der Waals surface area contributed by atoms with Crippen molar-refractivity contribution < 1.29 is 13.9 Å². The van der Waals surface area contributed by atoms with Crippen molar-refractivity contribution in [3.63, 3.8) is 0 Å². The highest BCUT2D eigenvalue weighted by atomic mass is 32.2. The van der Waals surface area contributed by atoms with Crippen molar-refractivity contribution in [1.82, 2.24) is 4.98 Å². The van der Waals surface area contributed by atoms with E-state index in [1.165, 1.54) is 4.90 Å². The lowest BCUT2D eigenvalue weighted by Crippen LogP contribution is -2.11. The zero-order valence-electron chi connectivity index (χ0n) is 16.6. The van der Waals surface area contributed by atoms with E-state index in [0.29, 0.717) is 12.3 Å². The van der Waals surface area contributed by atoms with Crippen molar-refractivity contribution in [2.24, 2.45) is 0 Å². The molecule has 0 fully saturated rings. The standard InChI is InChI=1S/C24H22N2O3S/c1-28-19-12-14-20(15-13-19)30-16-4-7-23(27)25-18-10-8-17(9-11-18)24-26-21-5-2-3-6-22(21)29-24/h2-3,5-6,8-15H,4,7,16H2,1H3,(H,25,27). The van der Waals surface area contributed by atoms with Crippen LogP contribution in [0.25, 0.3) is 22.6 Å². The highest BCUT2D eigenvalue weighted by molar-refractivity contribution is 7.99. The van der Waals surface area contributed by atoms with Crippen molar-refractivity contribution in [1.29, 1.82) is 0 Å². The Hall–Kier alpha value is -3.25. The Morgan fingerprint density at radius 3 is 2.53 bits per heavy atom. The summed E-state index contributed by atoms with van der Waals surface area (Å²) in [5.41, 5.74) is 3.23. The number of fused-ring (bicyclic) bond motifs is 1. The second kappa shape index (κ2) is 9.50. The molecule has 0 saturated carbocycles. The fraction of sp³-hybridized carbons (Fsp3) is 0.167. The van der Waals surface area contributed by atoms with E-state index in [9.17, 15) is 4.79 Å². The molecule has 5 nitrogen and oxygen atoms in total. The first kappa shape index (κ1) is 20.0. The summed E-state index contributed by atoms with van der Waals surface area (Å²) in [4.78, 5) is 17.9. The number of nitrogens with one attached hydrogen (secondary N) is 1. The van der Waals surface area contributed by atoms with Gasteiger partial charge in [-0.05, 0) is 72.8 Å². The van der Waals surface area contributed by atoms with Crippen LogP contribution in [0.3, 0.4) is 0 Å². The van der Waals surface area contributed by atoms with Gasteiger partial charge in [0.15, 0.2) is 5.58 Å². The molecule has 0 unspecified atom stereocenters. The molecule has 152 valence electrons. The summed E-state index contributed by atoms with van der Waals surface area (Å²) in [5, 5.41) is 2.95. The van der Waals surface area contributed by atoms with E-state index in [1.54, 1.807) is 18.9 Å². The molecule has 30 heavy (non-hydrogen) atoms. The molecular weight excluding hydrogens is 396 g/mol. The Bertz CT molecular complexity index is 1090. The van der Waals surface area contributed by atoms with E-state index in [-0.39, 0.29) is 5.91 Å². The summed E-state index contributed by atoms with van der Waals surface area (Å²) in [6.07, 6.45) is 1.29. The van der Waals surface area contributed by atoms with E-state index in [2.05, 4.69) is 10.3 Å². The molecule has 0 spiro atoms. The fourth-order valence-corrected chi connectivity index (χ4v) is 3.86. The number of rotatable bonds is 8. The highest BCUT2D eigenvalue weighted by Gasteiger charge is 2.08. The van der Waals surface area contributed by atoms with Crippen molar-refractivity contribution >= 4 is 34.5 Å². The molecule has 1 aromatic heterocycles. The summed E-state index contributed by atoms with van der Waals surface area (Å²) in [6.45, 7) is 0. The number of hydrogen-bond donors (Lipinski definition) is 1. The van der Waals surface area contributed by atoms with Crippen molar-refractivity contribution in [2.75, 3.05) is 18.2 Å². The largest absolute Gasteiger partial charge is 0.497 e. The van der Waals surface area contributed by atoms with Gasteiger partial charge in [0.1, 0.15) is 11.3 Å². The molecule has 4 rings (SSSR count). The van der Waals surface area contributed by atoms with Gasteiger partial charge in [0.05, 0.1) is 7.11 Å². The molecule has 3 aromatic carbocycles. The van der Waals surface area contributed by atoms with Crippen molar-refractivity contribution in [2.45, 2.75) is 17.7 Å². The zero-order chi connectivity index (χ0) is 20.8. The maximum absolute atomic E-state index is 12.2. The molecule has 4 aromatic rings. The Morgan fingerprint density at radius 1 is 1.03 bits per heavy atom. The number of carbonyl (C=O) groups is 1. The third-order valence-corrected chi connectivity index (χ3v) is 5.68. The van der Waals surface area contributed by atoms with Crippen molar-refractivity contribution in [3.05, 3.63) is 72.8 Å². The minimum atomic E-state index is 0.0138. The number of thioether (sulfide) groups is 1. The minimum Gasteiger partial charge on any atom is -0.497 e. The van der Waals surface area contributed by atoms with E-state index in [0.717, 1.165) is 40.3 Å². The van der Waals surface area contributed by atoms with Crippen LogP contribution in [0.1, 0.15) is 12.8 Å². The number of hydrogen-bond acceptors (Lipinski definition) is 5. The average molecular weight is 419 g/mol. The van der Waals surface area contributed by atoms with Gasteiger partial charge in [0.25, 0.3) is 0 Å². The molecule has 0 aliphatic rings. The van der Waals surface area contributed by atoms with Crippen LogP contribution in [0.15, 0.2) is 82.1 Å². The Labute approximate surface area is 179 Å². The minimum absolute atomic E-state index is 0.0138. The monoisotopic (exact) mass is 418 g/mol. The molecule has 0 aliphatic heterocycles. The predicted molar refractivity (Wildman–Crippen MR) is 121 cm³/mol. The van der Waals surface area contributed by atoms with Gasteiger partial charge in [0, 0.05) is 22.6 Å². The summed E-state index contributed by atoms with van der Waals surface area (Å²) >= 11 is 1.74. The maximum atomic E-state index is 12.2. The van der Waals surface area contributed by atoms with Crippen molar-refractivity contribution in [3.8, 4) is 17.2 Å². The second-order valence-corrected chi connectivity index (χ2v) is 7.91. The summed E-state index contributed by atoms with van der Waals surface area (Å²) in [5.74, 6) is 2.32. The van der Waals surface area contributed by atoms with Crippen LogP contribution in [0.5, 0.6) is 5.75 Å².